The molecule has 0 bridgehead atoms. The lowest BCUT2D eigenvalue weighted by molar-refractivity contribution is 0.1000. The summed E-state index contributed by atoms with van der Waals surface area (Å²) in [5.74, 6) is 0.771. The lowest BCUT2D eigenvalue weighted by Gasteiger charge is -2.09. The average Bonchev–Trinajstić information content (AvgIpc) is 2.33. The number of hydrogen-bond acceptors (Lipinski definition) is 3. The number of primary amides is 1. The molecular weight excluding hydrogens is 343 g/mol. The van der Waals surface area contributed by atoms with Crippen molar-refractivity contribution in [1.82, 2.24) is 0 Å². The highest BCUT2D eigenvalue weighted by Gasteiger charge is 2.05. The minimum atomic E-state index is -0.479. The Kier molecular flexibility index (Phi) is 3.71. The molecule has 0 atom stereocenters. The topological polar surface area (TPSA) is 78.3 Å². The van der Waals surface area contributed by atoms with Crippen LogP contribution < -0.4 is 16.2 Å². The van der Waals surface area contributed by atoms with Crippen molar-refractivity contribution in [3.05, 3.63) is 51.6 Å². The zero-order chi connectivity index (χ0) is 13.1. The maximum absolute atomic E-state index is 11.1. The van der Waals surface area contributed by atoms with E-state index in [4.69, 9.17) is 16.2 Å². The van der Waals surface area contributed by atoms with Crippen LogP contribution in [0.3, 0.4) is 0 Å². The molecule has 4 nitrogen and oxygen atoms in total. The van der Waals surface area contributed by atoms with Crippen molar-refractivity contribution in [1.29, 1.82) is 0 Å². The van der Waals surface area contributed by atoms with Crippen molar-refractivity contribution in [2.75, 3.05) is 5.73 Å². The Labute approximate surface area is 118 Å². The Balaban J connectivity index is 2.28. The van der Waals surface area contributed by atoms with Gasteiger partial charge >= 0.3 is 0 Å². The monoisotopic (exact) mass is 354 g/mol. The van der Waals surface area contributed by atoms with E-state index < -0.39 is 5.91 Å². The molecule has 92 valence electrons. The molecule has 0 aliphatic heterocycles. The zero-order valence-electron chi connectivity index (χ0n) is 9.39. The van der Waals surface area contributed by atoms with Crippen molar-refractivity contribution in [3.63, 3.8) is 0 Å². The van der Waals surface area contributed by atoms with Crippen LogP contribution in [0.2, 0.25) is 0 Å². The van der Waals surface area contributed by atoms with Gasteiger partial charge in [-0.1, -0.05) is 6.07 Å². The molecule has 0 heterocycles. The molecule has 0 aliphatic rings. The first-order valence-electron chi connectivity index (χ1n) is 5.19. The maximum atomic E-state index is 11.1. The van der Waals surface area contributed by atoms with Crippen LogP contribution in [0.4, 0.5) is 5.69 Å². The van der Waals surface area contributed by atoms with Crippen LogP contribution in [-0.2, 0) is 0 Å². The van der Waals surface area contributed by atoms with Gasteiger partial charge in [-0.05, 0) is 59.0 Å². The minimum Gasteiger partial charge on any atom is -0.456 e. The SMILES string of the molecule is NC(=O)c1cccc(Oc2ccc(N)cc2I)c1. The fourth-order valence-corrected chi connectivity index (χ4v) is 2.09. The number of rotatable bonds is 3. The molecule has 0 radical (unpaired) electrons. The number of halogens is 1. The fraction of sp³-hybridized carbons (Fsp3) is 0. The molecule has 2 aromatic rings. The second kappa shape index (κ2) is 5.26. The summed E-state index contributed by atoms with van der Waals surface area (Å²) in [4.78, 5) is 11.1. The molecule has 0 saturated carbocycles. The molecule has 0 spiro atoms. The van der Waals surface area contributed by atoms with Crippen molar-refractivity contribution in [2.45, 2.75) is 0 Å². The summed E-state index contributed by atoms with van der Waals surface area (Å²) in [5.41, 5.74) is 12.0. The Morgan fingerprint density at radius 3 is 2.61 bits per heavy atom. The van der Waals surface area contributed by atoms with Crippen LogP contribution in [0.15, 0.2) is 42.5 Å². The molecule has 2 aromatic carbocycles. The van der Waals surface area contributed by atoms with Gasteiger partial charge in [-0.25, -0.2) is 0 Å². The number of anilines is 1. The summed E-state index contributed by atoms with van der Waals surface area (Å²) in [6.45, 7) is 0. The van der Waals surface area contributed by atoms with Gasteiger partial charge < -0.3 is 16.2 Å². The molecule has 0 aliphatic carbocycles. The summed E-state index contributed by atoms with van der Waals surface area (Å²) in [6, 6.07) is 12.1. The molecule has 0 unspecified atom stereocenters. The Bertz CT molecular complexity index is 599. The fourth-order valence-electron chi connectivity index (χ4n) is 1.44. The molecule has 0 saturated heterocycles. The molecule has 1 amide bonds. The van der Waals surface area contributed by atoms with Gasteiger partial charge in [-0.15, -0.1) is 0 Å². The Hall–Kier alpha value is -1.76. The molecule has 18 heavy (non-hydrogen) atoms. The highest BCUT2D eigenvalue weighted by molar-refractivity contribution is 14.1. The van der Waals surface area contributed by atoms with Crippen molar-refractivity contribution < 1.29 is 9.53 Å². The van der Waals surface area contributed by atoms with Crippen molar-refractivity contribution in [3.8, 4) is 11.5 Å². The second-order valence-electron chi connectivity index (χ2n) is 3.68. The summed E-state index contributed by atoms with van der Waals surface area (Å²) >= 11 is 2.14. The summed E-state index contributed by atoms with van der Waals surface area (Å²) in [6.07, 6.45) is 0. The van der Waals surface area contributed by atoms with Crippen LogP contribution in [0.1, 0.15) is 10.4 Å². The molecular formula is C13H11IN2O2. The smallest absolute Gasteiger partial charge is 0.248 e. The standard InChI is InChI=1S/C13H11IN2O2/c14-11-7-9(15)4-5-12(11)18-10-3-1-2-8(6-10)13(16)17/h1-7H,15H2,(H2,16,17). The van der Waals surface area contributed by atoms with E-state index in [0.717, 1.165) is 3.57 Å². The first-order valence-corrected chi connectivity index (χ1v) is 6.27. The van der Waals surface area contributed by atoms with Gasteiger partial charge in [-0.2, -0.15) is 0 Å². The predicted molar refractivity (Wildman–Crippen MR) is 78.6 cm³/mol. The first kappa shape index (κ1) is 12.7. The third-order valence-electron chi connectivity index (χ3n) is 2.30. The Morgan fingerprint density at radius 2 is 1.94 bits per heavy atom. The van der Waals surface area contributed by atoms with Gasteiger partial charge in [0.05, 0.1) is 3.57 Å². The van der Waals surface area contributed by atoms with Gasteiger partial charge in [0.15, 0.2) is 0 Å². The van der Waals surface area contributed by atoms with E-state index in [1.807, 2.05) is 6.07 Å². The van der Waals surface area contributed by atoms with Crippen molar-refractivity contribution >= 4 is 34.2 Å². The van der Waals surface area contributed by atoms with E-state index in [0.29, 0.717) is 22.7 Å². The van der Waals surface area contributed by atoms with Crippen LogP contribution in [0.5, 0.6) is 11.5 Å². The predicted octanol–water partition coefficient (Wildman–Crippen LogP) is 2.76. The average molecular weight is 354 g/mol. The van der Waals surface area contributed by atoms with Gasteiger partial charge in [0.1, 0.15) is 11.5 Å². The number of carbonyl (C=O) groups is 1. The van der Waals surface area contributed by atoms with Crippen LogP contribution in [0, 0.1) is 3.57 Å². The van der Waals surface area contributed by atoms with Gasteiger partial charge in [0.2, 0.25) is 5.91 Å². The highest BCUT2D eigenvalue weighted by Crippen LogP contribution is 2.28. The number of hydrogen-bond donors (Lipinski definition) is 2. The maximum Gasteiger partial charge on any atom is 0.248 e. The quantitative estimate of drug-likeness (QED) is 0.657. The van der Waals surface area contributed by atoms with Gasteiger partial charge in [0.25, 0.3) is 0 Å². The molecule has 5 heteroatoms. The van der Waals surface area contributed by atoms with Crippen LogP contribution in [0.25, 0.3) is 0 Å². The van der Waals surface area contributed by atoms with E-state index in [1.165, 1.54) is 0 Å². The number of amides is 1. The van der Waals surface area contributed by atoms with E-state index in [9.17, 15) is 4.79 Å². The van der Waals surface area contributed by atoms with E-state index in [1.54, 1.807) is 36.4 Å². The Morgan fingerprint density at radius 1 is 1.17 bits per heavy atom. The number of nitrogen functional groups attached to an aromatic ring is 1. The number of carbonyl (C=O) groups excluding carboxylic acids is 1. The zero-order valence-corrected chi connectivity index (χ0v) is 11.5. The van der Waals surface area contributed by atoms with Crippen LogP contribution in [-0.4, -0.2) is 5.91 Å². The summed E-state index contributed by atoms with van der Waals surface area (Å²) in [7, 11) is 0. The van der Waals surface area contributed by atoms with E-state index in [2.05, 4.69) is 22.6 Å². The van der Waals surface area contributed by atoms with Gasteiger partial charge in [0, 0.05) is 11.3 Å². The van der Waals surface area contributed by atoms with Gasteiger partial charge in [-0.3, -0.25) is 4.79 Å². The third-order valence-corrected chi connectivity index (χ3v) is 3.15. The highest BCUT2D eigenvalue weighted by atomic mass is 127. The van der Waals surface area contributed by atoms with E-state index >= 15 is 0 Å². The largest absolute Gasteiger partial charge is 0.456 e. The summed E-state index contributed by atoms with van der Waals surface area (Å²) < 4.78 is 6.58. The minimum absolute atomic E-state index is 0.415. The molecule has 0 fully saturated rings. The van der Waals surface area contributed by atoms with Crippen molar-refractivity contribution in [2.24, 2.45) is 5.73 Å². The van der Waals surface area contributed by atoms with E-state index in [-0.39, 0.29) is 0 Å². The molecule has 4 N–H and O–H groups in total. The number of ether oxygens (including phenoxy) is 1. The second-order valence-corrected chi connectivity index (χ2v) is 4.85. The lowest BCUT2D eigenvalue weighted by atomic mass is 10.2. The first-order chi connectivity index (χ1) is 8.56. The van der Waals surface area contributed by atoms with Crippen LogP contribution >= 0.6 is 22.6 Å². The number of benzene rings is 2. The molecule has 0 aromatic heterocycles. The third kappa shape index (κ3) is 2.92. The number of nitrogens with two attached hydrogens (primary N) is 2. The molecule has 2 rings (SSSR count). The summed E-state index contributed by atoms with van der Waals surface area (Å²) in [5, 5.41) is 0. The lowest BCUT2D eigenvalue weighted by Crippen LogP contribution is -2.10. The normalized spacial score (nSPS) is 10.1.